The van der Waals surface area contributed by atoms with Gasteiger partial charge in [-0.2, -0.15) is 0 Å². The highest BCUT2D eigenvalue weighted by Gasteiger charge is 2.23. The van der Waals surface area contributed by atoms with E-state index in [1.165, 1.54) is 6.42 Å². The minimum Gasteiger partial charge on any atom is -0.352 e. The molecule has 1 atom stereocenters. The molecular formula is C15H25Cl2N5O. The predicted octanol–water partition coefficient (Wildman–Crippen LogP) is 1.36. The number of nitrogens with zero attached hydrogens (tertiary/aromatic N) is 4. The molecule has 0 saturated carbocycles. The number of halogens is 2. The first kappa shape index (κ1) is 19.9. The fourth-order valence-electron chi connectivity index (χ4n) is 3.09. The Balaban J connectivity index is 0.00000132. The van der Waals surface area contributed by atoms with Gasteiger partial charge in [0, 0.05) is 45.0 Å². The lowest BCUT2D eigenvalue weighted by Crippen LogP contribution is -2.49. The summed E-state index contributed by atoms with van der Waals surface area (Å²) in [5, 5.41) is 3.36. The Morgan fingerprint density at radius 3 is 2.61 bits per heavy atom. The molecule has 2 aliphatic heterocycles. The summed E-state index contributed by atoms with van der Waals surface area (Å²) in [5.41, 5.74) is 0. The standard InChI is InChI=1S/C15H23N5O.2ClH/c21-15(2-1-13-3-4-16-11-13)20-9-7-19(8-10-20)14-12-17-5-6-18-14;;/h5-6,12-13,16H,1-4,7-11H2;2*1H. The van der Waals surface area contributed by atoms with Gasteiger partial charge < -0.3 is 15.1 Å². The van der Waals surface area contributed by atoms with Crippen LogP contribution in [-0.4, -0.2) is 60.0 Å². The van der Waals surface area contributed by atoms with Crippen molar-refractivity contribution in [1.29, 1.82) is 0 Å². The summed E-state index contributed by atoms with van der Waals surface area (Å²) < 4.78 is 0. The van der Waals surface area contributed by atoms with Gasteiger partial charge in [0.2, 0.25) is 5.91 Å². The van der Waals surface area contributed by atoms with Crippen molar-refractivity contribution in [3.05, 3.63) is 18.6 Å². The highest BCUT2D eigenvalue weighted by Crippen LogP contribution is 2.17. The van der Waals surface area contributed by atoms with Crippen LogP contribution < -0.4 is 10.2 Å². The molecule has 0 aliphatic carbocycles. The Morgan fingerprint density at radius 1 is 1.22 bits per heavy atom. The number of carbonyl (C=O) groups is 1. The molecule has 2 saturated heterocycles. The van der Waals surface area contributed by atoms with E-state index in [0.29, 0.717) is 18.2 Å². The second-order valence-electron chi connectivity index (χ2n) is 5.83. The molecule has 0 spiro atoms. The average Bonchev–Trinajstić information content (AvgIpc) is 3.07. The zero-order valence-corrected chi connectivity index (χ0v) is 14.8. The molecule has 8 heteroatoms. The largest absolute Gasteiger partial charge is 0.352 e. The summed E-state index contributed by atoms with van der Waals surface area (Å²) in [5.74, 6) is 1.90. The minimum absolute atomic E-state index is 0. The van der Waals surface area contributed by atoms with E-state index in [4.69, 9.17) is 0 Å². The van der Waals surface area contributed by atoms with Crippen LogP contribution in [-0.2, 0) is 4.79 Å². The summed E-state index contributed by atoms with van der Waals surface area (Å²) in [6, 6.07) is 0. The monoisotopic (exact) mass is 361 g/mol. The van der Waals surface area contributed by atoms with Crippen LogP contribution in [0.15, 0.2) is 18.6 Å². The van der Waals surface area contributed by atoms with E-state index in [2.05, 4.69) is 20.2 Å². The highest BCUT2D eigenvalue weighted by atomic mass is 35.5. The summed E-state index contributed by atoms with van der Waals surface area (Å²) >= 11 is 0. The Kier molecular flexibility index (Phi) is 8.58. The van der Waals surface area contributed by atoms with Crippen LogP contribution in [0.4, 0.5) is 5.82 Å². The lowest BCUT2D eigenvalue weighted by Gasteiger charge is -2.35. The molecule has 1 aromatic rings. The number of piperazine rings is 1. The van der Waals surface area contributed by atoms with Crippen molar-refractivity contribution in [2.75, 3.05) is 44.2 Å². The molecule has 3 heterocycles. The Labute approximate surface area is 149 Å². The third-order valence-electron chi connectivity index (χ3n) is 4.43. The van der Waals surface area contributed by atoms with Gasteiger partial charge in [0.25, 0.3) is 0 Å². The first-order valence-corrected chi connectivity index (χ1v) is 7.82. The van der Waals surface area contributed by atoms with Crippen LogP contribution in [0.2, 0.25) is 0 Å². The zero-order chi connectivity index (χ0) is 14.5. The van der Waals surface area contributed by atoms with Gasteiger partial charge in [0.05, 0.1) is 6.20 Å². The van der Waals surface area contributed by atoms with Crippen LogP contribution in [0.5, 0.6) is 0 Å². The Hall–Kier alpha value is -1.11. The number of anilines is 1. The molecule has 1 amide bonds. The van der Waals surface area contributed by atoms with Gasteiger partial charge in [-0.25, -0.2) is 4.98 Å². The van der Waals surface area contributed by atoms with Crippen LogP contribution >= 0.6 is 24.8 Å². The second kappa shape index (κ2) is 9.90. The van der Waals surface area contributed by atoms with Crippen molar-refractivity contribution in [2.24, 2.45) is 5.92 Å². The molecule has 3 rings (SSSR count). The molecule has 1 unspecified atom stereocenters. The molecule has 2 aliphatic rings. The molecular weight excluding hydrogens is 337 g/mol. The van der Waals surface area contributed by atoms with E-state index in [1.807, 2.05) is 4.90 Å². The molecule has 0 aromatic carbocycles. The number of rotatable bonds is 4. The maximum atomic E-state index is 12.3. The molecule has 1 aromatic heterocycles. The maximum absolute atomic E-state index is 12.3. The van der Waals surface area contributed by atoms with Gasteiger partial charge >= 0.3 is 0 Å². The summed E-state index contributed by atoms with van der Waals surface area (Å²) in [4.78, 5) is 24.9. The lowest BCUT2D eigenvalue weighted by atomic mass is 10.0. The van der Waals surface area contributed by atoms with Gasteiger partial charge in [0.15, 0.2) is 0 Å². The minimum atomic E-state index is 0. The van der Waals surface area contributed by atoms with Gasteiger partial charge in [-0.3, -0.25) is 9.78 Å². The Morgan fingerprint density at radius 2 is 2.00 bits per heavy atom. The fourth-order valence-corrected chi connectivity index (χ4v) is 3.09. The van der Waals surface area contributed by atoms with Crippen LogP contribution in [0.1, 0.15) is 19.3 Å². The van der Waals surface area contributed by atoms with E-state index in [-0.39, 0.29) is 24.8 Å². The number of nitrogens with one attached hydrogen (secondary N) is 1. The van der Waals surface area contributed by atoms with Crippen molar-refractivity contribution in [3.63, 3.8) is 0 Å². The van der Waals surface area contributed by atoms with Crippen LogP contribution in [0.25, 0.3) is 0 Å². The molecule has 1 N–H and O–H groups in total. The zero-order valence-electron chi connectivity index (χ0n) is 13.2. The van der Waals surface area contributed by atoms with Gasteiger partial charge in [-0.15, -0.1) is 24.8 Å². The summed E-state index contributed by atoms with van der Waals surface area (Å²) in [6.07, 6.45) is 8.11. The van der Waals surface area contributed by atoms with Gasteiger partial charge in [-0.1, -0.05) is 0 Å². The quantitative estimate of drug-likeness (QED) is 0.877. The normalized spacial score (nSPS) is 20.6. The molecule has 0 radical (unpaired) electrons. The molecule has 6 nitrogen and oxygen atoms in total. The topological polar surface area (TPSA) is 61.4 Å². The maximum Gasteiger partial charge on any atom is 0.222 e. The predicted molar refractivity (Wildman–Crippen MR) is 95.5 cm³/mol. The van der Waals surface area contributed by atoms with E-state index in [0.717, 1.165) is 51.5 Å². The number of amides is 1. The number of hydrogen-bond acceptors (Lipinski definition) is 5. The van der Waals surface area contributed by atoms with Crippen LogP contribution in [0.3, 0.4) is 0 Å². The van der Waals surface area contributed by atoms with E-state index < -0.39 is 0 Å². The summed E-state index contributed by atoms with van der Waals surface area (Å²) in [7, 11) is 0. The average molecular weight is 362 g/mol. The van der Waals surface area contributed by atoms with Crippen molar-refractivity contribution < 1.29 is 4.79 Å². The SMILES string of the molecule is Cl.Cl.O=C(CCC1CCNC1)N1CCN(c2cnccn2)CC1. The summed E-state index contributed by atoms with van der Waals surface area (Å²) in [6.45, 7) is 5.45. The van der Waals surface area contributed by atoms with E-state index in [1.54, 1.807) is 18.6 Å². The van der Waals surface area contributed by atoms with Crippen molar-refractivity contribution >= 4 is 36.5 Å². The third-order valence-corrected chi connectivity index (χ3v) is 4.43. The number of aromatic nitrogens is 2. The molecule has 23 heavy (non-hydrogen) atoms. The van der Waals surface area contributed by atoms with E-state index in [9.17, 15) is 4.79 Å². The lowest BCUT2D eigenvalue weighted by molar-refractivity contribution is -0.131. The van der Waals surface area contributed by atoms with Gasteiger partial charge in [-0.05, 0) is 31.8 Å². The third kappa shape index (κ3) is 5.48. The van der Waals surface area contributed by atoms with Crippen molar-refractivity contribution in [3.8, 4) is 0 Å². The molecule has 130 valence electrons. The number of carbonyl (C=O) groups excluding carboxylic acids is 1. The second-order valence-corrected chi connectivity index (χ2v) is 5.83. The first-order valence-electron chi connectivity index (χ1n) is 7.82. The molecule has 2 fully saturated rings. The fraction of sp³-hybridized carbons (Fsp3) is 0.667. The van der Waals surface area contributed by atoms with E-state index >= 15 is 0 Å². The van der Waals surface area contributed by atoms with Crippen LogP contribution in [0, 0.1) is 5.92 Å². The van der Waals surface area contributed by atoms with Gasteiger partial charge in [0.1, 0.15) is 5.82 Å². The molecule has 0 bridgehead atoms. The first-order chi connectivity index (χ1) is 10.3. The van der Waals surface area contributed by atoms with Crippen molar-refractivity contribution in [1.82, 2.24) is 20.2 Å². The van der Waals surface area contributed by atoms with Crippen molar-refractivity contribution in [2.45, 2.75) is 19.3 Å². The number of hydrogen-bond donors (Lipinski definition) is 1. The Bertz CT molecular complexity index is 462. The smallest absolute Gasteiger partial charge is 0.222 e. The highest BCUT2D eigenvalue weighted by molar-refractivity contribution is 5.85.